The maximum Gasteiger partial charge on any atom is 0.416 e. The Bertz CT molecular complexity index is 695. The number of nitrogens with one attached hydrogen (secondary N) is 2. The summed E-state index contributed by atoms with van der Waals surface area (Å²) in [7, 11) is 0. The second-order valence-electron chi connectivity index (χ2n) is 4.38. The lowest BCUT2D eigenvalue weighted by Crippen LogP contribution is -2.13. The van der Waals surface area contributed by atoms with Crippen molar-refractivity contribution in [1.29, 1.82) is 0 Å². The van der Waals surface area contributed by atoms with Gasteiger partial charge in [0.25, 0.3) is 5.91 Å². The predicted octanol–water partition coefficient (Wildman–Crippen LogP) is 4.01. The monoisotopic (exact) mass is 278 g/mol. The van der Waals surface area contributed by atoms with Crippen molar-refractivity contribution in [1.82, 2.24) is 0 Å². The molecule has 102 valence electrons. The molecule has 1 aliphatic heterocycles. The first-order valence-corrected chi connectivity index (χ1v) is 5.84. The number of halogens is 3. The van der Waals surface area contributed by atoms with Crippen LogP contribution in [0.25, 0.3) is 0 Å². The summed E-state index contributed by atoms with van der Waals surface area (Å²) >= 11 is 0. The molecule has 0 saturated heterocycles. The van der Waals surface area contributed by atoms with Crippen LogP contribution in [-0.2, 0) is 6.18 Å². The molecule has 0 atom stereocenters. The van der Waals surface area contributed by atoms with E-state index in [0.29, 0.717) is 17.1 Å². The molecule has 0 unspecified atom stereocenters. The number of fused-ring (bicyclic) bond motifs is 2. The van der Waals surface area contributed by atoms with Gasteiger partial charge in [-0.05, 0) is 30.3 Å². The number of amides is 1. The number of para-hydroxylation sites is 2. The lowest BCUT2D eigenvalue weighted by atomic mass is 10.1. The Morgan fingerprint density at radius 2 is 1.50 bits per heavy atom. The number of carbonyl (C=O) groups is 1. The smallest absolute Gasteiger partial charge is 0.353 e. The first-order chi connectivity index (χ1) is 9.45. The number of alkyl halides is 3. The van der Waals surface area contributed by atoms with Crippen LogP contribution >= 0.6 is 0 Å². The van der Waals surface area contributed by atoms with Gasteiger partial charge < -0.3 is 10.6 Å². The number of benzene rings is 2. The summed E-state index contributed by atoms with van der Waals surface area (Å²) < 4.78 is 38.1. The maximum absolute atomic E-state index is 12.7. The van der Waals surface area contributed by atoms with E-state index in [0.717, 1.165) is 12.1 Å². The SMILES string of the molecule is O=C1Nc2ccccc2Nc2ccc(C(F)(F)F)cc21. The van der Waals surface area contributed by atoms with Crippen molar-refractivity contribution in [3.05, 3.63) is 53.6 Å². The van der Waals surface area contributed by atoms with E-state index in [-0.39, 0.29) is 5.56 Å². The molecule has 0 aromatic heterocycles. The van der Waals surface area contributed by atoms with Gasteiger partial charge in [0.1, 0.15) is 0 Å². The van der Waals surface area contributed by atoms with Gasteiger partial charge in [-0.2, -0.15) is 13.2 Å². The summed E-state index contributed by atoms with van der Waals surface area (Å²) in [5, 5.41) is 5.55. The highest BCUT2D eigenvalue weighted by Gasteiger charge is 2.32. The third kappa shape index (κ3) is 2.09. The van der Waals surface area contributed by atoms with E-state index in [1.54, 1.807) is 24.3 Å². The van der Waals surface area contributed by atoms with Crippen LogP contribution in [0.1, 0.15) is 15.9 Å². The van der Waals surface area contributed by atoms with Gasteiger partial charge in [-0.1, -0.05) is 12.1 Å². The van der Waals surface area contributed by atoms with E-state index in [2.05, 4.69) is 10.6 Å². The summed E-state index contributed by atoms with van der Waals surface area (Å²) in [5.41, 5.74) is 0.636. The fourth-order valence-corrected chi connectivity index (χ4v) is 2.05. The minimum Gasteiger partial charge on any atom is -0.353 e. The van der Waals surface area contributed by atoms with Crippen LogP contribution in [0.4, 0.5) is 30.2 Å². The second-order valence-corrected chi connectivity index (χ2v) is 4.38. The van der Waals surface area contributed by atoms with E-state index in [9.17, 15) is 18.0 Å². The average Bonchev–Trinajstić information content (AvgIpc) is 2.53. The molecule has 3 rings (SSSR count). The molecule has 2 aromatic carbocycles. The zero-order valence-electron chi connectivity index (χ0n) is 10.1. The first-order valence-electron chi connectivity index (χ1n) is 5.84. The summed E-state index contributed by atoms with van der Waals surface area (Å²) in [4.78, 5) is 12.0. The molecule has 2 aromatic rings. The Morgan fingerprint density at radius 1 is 0.850 bits per heavy atom. The van der Waals surface area contributed by atoms with Crippen LogP contribution in [0.3, 0.4) is 0 Å². The molecule has 0 radical (unpaired) electrons. The molecule has 0 aliphatic carbocycles. The normalized spacial score (nSPS) is 13.7. The molecule has 3 nitrogen and oxygen atoms in total. The zero-order valence-corrected chi connectivity index (χ0v) is 10.1. The van der Waals surface area contributed by atoms with Crippen molar-refractivity contribution >= 4 is 23.0 Å². The molecule has 0 bridgehead atoms. The standard InChI is InChI=1S/C14H9F3N2O/c15-14(16,17)8-5-6-10-9(7-8)13(20)19-12-4-2-1-3-11(12)18-10/h1-7,18H,(H,19,20). The maximum atomic E-state index is 12.7. The van der Waals surface area contributed by atoms with E-state index in [1.165, 1.54) is 6.07 Å². The van der Waals surface area contributed by atoms with E-state index >= 15 is 0 Å². The molecule has 20 heavy (non-hydrogen) atoms. The molecule has 0 spiro atoms. The molecular formula is C14H9F3N2O. The molecule has 0 fully saturated rings. The molecule has 1 amide bonds. The van der Waals surface area contributed by atoms with Crippen molar-refractivity contribution in [3.8, 4) is 0 Å². The van der Waals surface area contributed by atoms with Crippen molar-refractivity contribution in [2.45, 2.75) is 6.18 Å². The van der Waals surface area contributed by atoms with Crippen molar-refractivity contribution in [2.24, 2.45) is 0 Å². The number of rotatable bonds is 0. The van der Waals surface area contributed by atoms with Crippen LogP contribution < -0.4 is 10.6 Å². The molecule has 1 heterocycles. The highest BCUT2D eigenvalue weighted by Crippen LogP contribution is 2.36. The van der Waals surface area contributed by atoms with Gasteiger partial charge in [0.05, 0.1) is 28.2 Å². The van der Waals surface area contributed by atoms with Gasteiger partial charge in [0.15, 0.2) is 0 Å². The van der Waals surface area contributed by atoms with Crippen molar-refractivity contribution in [2.75, 3.05) is 10.6 Å². The molecule has 2 N–H and O–H groups in total. The minimum absolute atomic E-state index is 0.0315. The summed E-state index contributed by atoms with van der Waals surface area (Å²) in [6, 6.07) is 9.99. The van der Waals surface area contributed by atoms with Gasteiger partial charge in [-0.3, -0.25) is 4.79 Å². The Morgan fingerprint density at radius 3 is 2.15 bits per heavy atom. The van der Waals surface area contributed by atoms with Crippen LogP contribution in [0.15, 0.2) is 42.5 Å². The van der Waals surface area contributed by atoms with E-state index in [4.69, 9.17) is 0 Å². The number of hydrogen-bond acceptors (Lipinski definition) is 2. The zero-order chi connectivity index (χ0) is 14.3. The lowest BCUT2D eigenvalue weighted by Gasteiger charge is -2.11. The number of carbonyl (C=O) groups excluding carboxylic acids is 1. The van der Waals surface area contributed by atoms with E-state index in [1.807, 2.05) is 0 Å². The van der Waals surface area contributed by atoms with Gasteiger partial charge in [0, 0.05) is 0 Å². The first kappa shape index (κ1) is 12.5. The average molecular weight is 278 g/mol. The van der Waals surface area contributed by atoms with Crippen LogP contribution in [-0.4, -0.2) is 5.91 Å². The van der Waals surface area contributed by atoms with Gasteiger partial charge >= 0.3 is 6.18 Å². The minimum atomic E-state index is -4.48. The third-order valence-corrected chi connectivity index (χ3v) is 3.04. The Balaban J connectivity index is 2.11. The fraction of sp³-hybridized carbons (Fsp3) is 0.0714. The molecule has 1 aliphatic rings. The third-order valence-electron chi connectivity index (χ3n) is 3.04. The number of hydrogen-bond donors (Lipinski definition) is 2. The van der Waals surface area contributed by atoms with Gasteiger partial charge in [-0.25, -0.2) is 0 Å². The van der Waals surface area contributed by atoms with Crippen LogP contribution in [0, 0.1) is 0 Å². The molecular weight excluding hydrogens is 269 g/mol. The summed E-state index contributed by atoms with van der Waals surface area (Å²) in [6.45, 7) is 0. The van der Waals surface area contributed by atoms with Crippen LogP contribution in [0.5, 0.6) is 0 Å². The van der Waals surface area contributed by atoms with Crippen molar-refractivity contribution < 1.29 is 18.0 Å². The largest absolute Gasteiger partial charge is 0.416 e. The highest BCUT2D eigenvalue weighted by atomic mass is 19.4. The molecule has 6 heteroatoms. The second kappa shape index (κ2) is 4.26. The lowest BCUT2D eigenvalue weighted by molar-refractivity contribution is -0.137. The van der Waals surface area contributed by atoms with Gasteiger partial charge in [-0.15, -0.1) is 0 Å². The summed E-state index contributed by atoms with van der Waals surface area (Å²) in [5.74, 6) is -0.566. The Labute approximate surface area is 112 Å². The fourth-order valence-electron chi connectivity index (χ4n) is 2.05. The predicted molar refractivity (Wildman–Crippen MR) is 69.1 cm³/mol. The Kier molecular flexibility index (Phi) is 2.67. The van der Waals surface area contributed by atoms with E-state index < -0.39 is 17.6 Å². The highest BCUT2D eigenvalue weighted by molar-refractivity contribution is 6.12. The quantitative estimate of drug-likeness (QED) is 0.764. The topological polar surface area (TPSA) is 41.1 Å². The summed E-state index contributed by atoms with van der Waals surface area (Å²) in [6.07, 6.45) is -4.48. The molecule has 0 saturated carbocycles. The van der Waals surface area contributed by atoms with Gasteiger partial charge in [0.2, 0.25) is 0 Å². The number of anilines is 3. The Hall–Kier alpha value is -2.50. The van der Waals surface area contributed by atoms with Crippen LogP contribution in [0.2, 0.25) is 0 Å². The van der Waals surface area contributed by atoms with Crippen molar-refractivity contribution in [3.63, 3.8) is 0 Å².